The van der Waals surface area contributed by atoms with Crippen LogP contribution in [-0.2, 0) is 6.18 Å². The molecule has 0 atom stereocenters. The lowest BCUT2D eigenvalue weighted by molar-refractivity contribution is -0.137. The van der Waals surface area contributed by atoms with Crippen LogP contribution >= 0.6 is 0 Å². The second-order valence-electron chi connectivity index (χ2n) is 3.33. The van der Waals surface area contributed by atoms with Gasteiger partial charge < -0.3 is 9.84 Å². The fraction of sp³-hybridized carbons (Fsp3) is 0.100. The Bertz CT molecular complexity index is 592. The number of halogens is 3. The number of alkyl halides is 3. The molecule has 0 bridgehead atoms. The summed E-state index contributed by atoms with van der Waals surface area (Å²) in [6, 6.07) is 3.98. The molecule has 1 N–H and O–H groups in total. The van der Waals surface area contributed by atoms with Gasteiger partial charge in [-0.05, 0) is 12.1 Å². The van der Waals surface area contributed by atoms with Crippen LogP contribution in [0.3, 0.4) is 0 Å². The van der Waals surface area contributed by atoms with Gasteiger partial charge in [0.15, 0.2) is 0 Å². The van der Waals surface area contributed by atoms with Crippen molar-refractivity contribution in [2.45, 2.75) is 6.18 Å². The number of hydrogen-bond donors (Lipinski definition) is 1. The molecule has 9 heteroatoms. The van der Waals surface area contributed by atoms with Crippen molar-refractivity contribution in [2.24, 2.45) is 0 Å². The van der Waals surface area contributed by atoms with Crippen molar-refractivity contribution in [3.8, 4) is 17.5 Å². The van der Waals surface area contributed by atoms with Crippen molar-refractivity contribution in [1.82, 2.24) is 10.1 Å². The maximum absolute atomic E-state index is 12.3. The van der Waals surface area contributed by atoms with Gasteiger partial charge in [0, 0.05) is 5.56 Å². The average molecular weight is 274 g/mol. The number of carbonyl (C=O) groups is 1. The Labute approximate surface area is 103 Å². The van der Waals surface area contributed by atoms with Gasteiger partial charge in [-0.1, -0.05) is 17.3 Å². The third-order valence-electron chi connectivity index (χ3n) is 2.05. The van der Waals surface area contributed by atoms with Crippen molar-refractivity contribution in [3.05, 3.63) is 29.8 Å². The molecule has 0 aliphatic carbocycles. The Morgan fingerprint density at radius 1 is 1.26 bits per heavy atom. The molecule has 2 rings (SSSR count). The molecule has 0 amide bonds. The number of benzene rings is 1. The van der Waals surface area contributed by atoms with Gasteiger partial charge in [0.25, 0.3) is 0 Å². The van der Waals surface area contributed by atoms with Crippen LogP contribution in [0.2, 0.25) is 0 Å². The Balaban J connectivity index is 2.23. The highest BCUT2D eigenvalue weighted by molar-refractivity contribution is 5.60. The molecule has 1 aromatic heterocycles. The monoisotopic (exact) mass is 274 g/mol. The topological polar surface area (TPSA) is 85.5 Å². The highest BCUT2D eigenvalue weighted by Crippen LogP contribution is 2.30. The largest absolute Gasteiger partial charge is 0.514 e. The SMILES string of the molecule is O=C(O)Oc1nc(-c2ccc(C(F)(F)F)cc2)no1. The van der Waals surface area contributed by atoms with Crippen LogP contribution < -0.4 is 4.74 Å². The van der Waals surface area contributed by atoms with Crippen LogP contribution in [0.4, 0.5) is 18.0 Å². The first-order valence-electron chi connectivity index (χ1n) is 4.78. The van der Waals surface area contributed by atoms with Gasteiger partial charge in [0.05, 0.1) is 5.56 Å². The maximum Gasteiger partial charge on any atom is 0.514 e. The number of aromatic nitrogens is 2. The molecular weight excluding hydrogens is 269 g/mol. The van der Waals surface area contributed by atoms with E-state index in [4.69, 9.17) is 5.11 Å². The lowest BCUT2D eigenvalue weighted by Crippen LogP contribution is -2.04. The number of ether oxygens (including phenoxy) is 1. The van der Waals surface area contributed by atoms with Gasteiger partial charge in [-0.2, -0.15) is 18.2 Å². The molecular formula is C10H5F3N2O4. The molecule has 0 aliphatic heterocycles. The smallest absolute Gasteiger partial charge is 0.449 e. The van der Waals surface area contributed by atoms with E-state index in [1.54, 1.807) is 0 Å². The van der Waals surface area contributed by atoms with Crippen LogP contribution in [0.1, 0.15) is 5.56 Å². The minimum Gasteiger partial charge on any atom is -0.449 e. The van der Waals surface area contributed by atoms with Gasteiger partial charge in [-0.3, -0.25) is 4.52 Å². The highest BCUT2D eigenvalue weighted by Gasteiger charge is 2.30. The van der Waals surface area contributed by atoms with Crippen molar-refractivity contribution >= 4 is 6.16 Å². The van der Waals surface area contributed by atoms with Gasteiger partial charge in [-0.25, -0.2) is 4.79 Å². The highest BCUT2D eigenvalue weighted by atomic mass is 19.4. The Morgan fingerprint density at radius 2 is 1.89 bits per heavy atom. The number of hydrogen-bond acceptors (Lipinski definition) is 5. The minimum absolute atomic E-state index is 0.0787. The van der Waals surface area contributed by atoms with Crippen LogP contribution in [0.25, 0.3) is 11.4 Å². The summed E-state index contributed by atoms with van der Waals surface area (Å²) in [6.45, 7) is 0. The lowest BCUT2D eigenvalue weighted by Gasteiger charge is -2.05. The molecule has 2 aromatic rings. The quantitative estimate of drug-likeness (QED) is 0.847. The summed E-state index contributed by atoms with van der Waals surface area (Å²) in [5, 5.41) is 11.7. The fourth-order valence-corrected chi connectivity index (χ4v) is 1.25. The van der Waals surface area contributed by atoms with E-state index >= 15 is 0 Å². The third-order valence-corrected chi connectivity index (χ3v) is 2.05. The van der Waals surface area contributed by atoms with Gasteiger partial charge >= 0.3 is 18.4 Å². The molecule has 19 heavy (non-hydrogen) atoms. The Morgan fingerprint density at radius 3 is 2.42 bits per heavy atom. The molecule has 0 aliphatic rings. The summed E-state index contributed by atoms with van der Waals surface area (Å²) in [5.74, 6) is -0.0787. The van der Waals surface area contributed by atoms with Gasteiger partial charge in [0.2, 0.25) is 5.82 Å². The van der Waals surface area contributed by atoms with E-state index < -0.39 is 24.0 Å². The van der Waals surface area contributed by atoms with Gasteiger partial charge in [-0.15, -0.1) is 0 Å². The minimum atomic E-state index is -4.44. The molecule has 1 aromatic carbocycles. The molecule has 0 unspecified atom stereocenters. The lowest BCUT2D eigenvalue weighted by atomic mass is 10.1. The van der Waals surface area contributed by atoms with Crippen LogP contribution in [0.15, 0.2) is 28.8 Å². The summed E-state index contributed by atoms with van der Waals surface area (Å²) in [7, 11) is 0. The first-order chi connectivity index (χ1) is 8.86. The second kappa shape index (κ2) is 4.59. The molecule has 0 spiro atoms. The summed E-state index contributed by atoms with van der Waals surface area (Å²) in [4.78, 5) is 13.7. The average Bonchev–Trinajstić information content (AvgIpc) is 2.75. The molecule has 0 saturated heterocycles. The van der Waals surface area contributed by atoms with Crippen molar-refractivity contribution < 1.29 is 32.3 Å². The van der Waals surface area contributed by atoms with E-state index in [1.165, 1.54) is 0 Å². The second-order valence-corrected chi connectivity index (χ2v) is 3.33. The maximum atomic E-state index is 12.3. The van der Waals surface area contributed by atoms with Crippen LogP contribution in [-0.4, -0.2) is 21.4 Å². The van der Waals surface area contributed by atoms with Crippen molar-refractivity contribution in [1.29, 1.82) is 0 Å². The molecule has 0 radical (unpaired) electrons. The van der Waals surface area contributed by atoms with E-state index in [0.29, 0.717) is 0 Å². The predicted octanol–water partition coefficient (Wildman–Crippen LogP) is 2.81. The predicted molar refractivity (Wildman–Crippen MR) is 53.4 cm³/mol. The van der Waals surface area contributed by atoms with Crippen LogP contribution in [0.5, 0.6) is 6.08 Å². The zero-order valence-corrected chi connectivity index (χ0v) is 9.01. The summed E-state index contributed by atoms with van der Waals surface area (Å²) >= 11 is 0. The van der Waals surface area contributed by atoms with Crippen molar-refractivity contribution in [2.75, 3.05) is 0 Å². The number of rotatable bonds is 2. The normalized spacial score (nSPS) is 11.3. The first kappa shape index (κ1) is 12.9. The van der Waals surface area contributed by atoms with E-state index in [2.05, 4.69) is 19.4 Å². The summed E-state index contributed by atoms with van der Waals surface area (Å²) in [5.41, 5.74) is -0.584. The van der Waals surface area contributed by atoms with Crippen LogP contribution in [0, 0.1) is 0 Å². The van der Waals surface area contributed by atoms with E-state index in [0.717, 1.165) is 24.3 Å². The van der Waals surface area contributed by atoms with E-state index in [1.807, 2.05) is 0 Å². The molecule has 6 nitrogen and oxygen atoms in total. The third kappa shape index (κ3) is 3.00. The molecule has 0 fully saturated rings. The Hall–Kier alpha value is -2.58. The number of carboxylic acid groups (broad SMARTS) is 1. The summed E-state index contributed by atoms with van der Waals surface area (Å²) in [6.07, 6.45) is -6.68. The van der Waals surface area contributed by atoms with E-state index in [-0.39, 0.29) is 11.4 Å². The number of nitrogens with zero attached hydrogens (tertiary/aromatic N) is 2. The Kier molecular flexibility index (Phi) is 3.11. The first-order valence-corrected chi connectivity index (χ1v) is 4.78. The van der Waals surface area contributed by atoms with Gasteiger partial charge in [0.1, 0.15) is 0 Å². The molecule has 0 saturated carbocycles. The van der Waals surface area contributed by atoms with E-state index in [9.17, 15) is 18.0 Å². The van der Waals surface area contributed by atoms with Crippen molar-refractivity contribution in [3.63, 3.8) is 0 Å². The molecule has 1 heterocycles. The zero-order valence-electron chi connectivity index (χ0n) is 9.01. The molecule has 100 valence electrons. The fourth-order valence-electron chi connectivity index (χ4n) is 1.25. The summed E-state index contributed by atoms with van der Waals surface area (Å²) < 4.78 is 45.5. The zero-order chi connectivity index (χ0) is 14.0. The standard InChI is InChI=1S/C10H5F3N2O4/c11-10(12,13)6-3-1-5(2-4-6)7-14-8(19-15-7)18-9(16)17/h1-4H,(H,16,17).